The number of carboxylic acids is 1. The summed E-state index contributed by atoms with van der Waals surface area (Å²) in [5.74, 6) is -1.92. The van der Waals surface area contributed by atoms with Crippen LogP contribution in [0.3, 0.4) is 0 Å². The third-order valence-electron chi connectivity index (χ3n) is 5.32. The fourth-order valence-electron chi connectivity index (χ4n) is 3.45. The van der Waals surface area contributed by atoms with Crippen molar-refractivity contribution in [3.63, 3.8) is 0 Å². The van der Waals surface area contributed by atoms with Crippen LogP contribution >= 0.6 is 0 Å². The molecule has 35 heavy (non-hydrogen) atoms. The van der Waals surface area contributed by atoms with Gasteiger partial charge in [-0.2, -0.15) is 10.5 Å². The van der Waals surface area contributed by atoms with Crippen molar-refractivity contribution in [2.24, 2.45) is 0 Å². The summed E-state index contributed by atoms with van der Waals surface area (Å²) in [6.07, 6.45) is 10.1. The molecule has 2 N–H and O–H groups in total. The van der Waals surface area contributed by atoms with Gasteiger partial charge in [0.1, 0.15) is 30.1 Å². The zero-order chi connectivity index (χ0) is 24.8. The van der Waals surface area contributed by atoms with Crippen molar-refractivity contribution in [3.8, 4) is 12.1 Å². The summed E-state index contributed by atoms with van der Waals surface area (Å²) in [6.45, 7) is 2.23. The number of hydrogen-bond donors (Lipinski definition) is 2. The van der Waals surface area contributed by atoms with E-state index in [1.807, 2.05) is 12.1 Å². The minimum Gasteiger partial charge on any atom is -1.00 e. The average molecular weight is 584 g/mol. The molecule has 2 heterocycles. The van der Waals surface area contributed by atoms with Crippen molar-refractivity contribution < 1.29 is 53.1 Å². The lowest BCUT2D eigenvalue weighted by Gasteiger charge is -2.24. The first-order chi connectivity index (χ1) is 16.3. The number of aliphatic hydroxyl groups excluding tert-OH is 1. The van der Waals surface area contributed by atoms with Gasteiger partial charge in [0.15, 0.2) is 18.9 Å². The Hall–Kier alpha value is -4.03. The van der Waals surface area contributed by atoms with Gasteiger partial charge in [-0.25, -0.2) is 4.57 Å². The Morgan fingerprint density at radius 2 is 1.66 bits per heavy atom. The topological polar surface area (TPSA) is 146 Å². The molecule has 0 amide bonds. The average Bonchev–Trinajstić information content (AvgIpc) is 2.83. The largest absolute Gasteiger partial charge is 1.00 e. The quantitative estimate of drug-likeness (QED) is 0.176. The fourth-order valence-corrected chi connectivity index (χ4v) is 3.45. The van der Waals surface area contributed by atoms with Crippen LogP contribution < -0.4 is 28.5 Å². The first kappa shape index (κ1) is 27.2. The molecule has 1 aromatic heterocycles. The molecule has 1 aliphatic heterocycles. The highest BCUT2D eigenvalue weighted by molar-refractivity contribution is 6.27. The molecule has 0 aromatic carbocycles. The molecule has 0 atom stereocenters. The number of carbonyl (C=O) groups excluding carboxylic acids is 2. The predicted octanol–water partition coefficient (Wildman–Crippen LogP) is -0.733. The Bertz CT molecular complexity index is 1290. The Morgan fingerprint density at radius 1 is 1.06 bits per heavy atom. The van der Waals surface area contributed by atoms with E-state index in [0.29, 0.717) is 24.1 Å². The van der Waals surface area contributed by atoms with Gasteiger partial charge in [-0.15, -0.1) is 0 Å². The van der Waals surface area contributed by atoms with E-state index < -0.39 is 17.5 Å². The zero-order valence-electron chi connectivity index (χ0n) is 18.7. The molecule has 0 unspecified atom stereocenters. The molecule has 0 saturated heterocycles. The Kier molecular flexibility index (Phi) is 9.26. The van der Waals surface area contributed by atoms with Crippen LogP contribution in [0, 0.1) is 22.7 Å². The minimum atomic E-state index is -0.937. The van der Waals surface area contributed by atoms with Gasteiger partial charge in [0.25, 0.3) is 0 Å². The molecule has 10 heteroatoms. The number of aromatic nitrogens is 1. The number of nitriles is 2. The summed E-state index contributed by atoms with van der Waals surface area (Å²) in [6, 6.07) is 7.00. The molecule has 1 aromatic rings. The van der Waals surface area contributed by atoms with Crippen LogP contribution in [0.5, 0.6) is 0 Å². The summed E-state index contributed by atoms with van der Waals surface area (Å²) in [5, 5.41) is 38.7. The van der Waals surface area contributed by atoms with Gasteiger partial charge in [0.05, 0.1) is 22.3 Å². The van der Waals surface area contributed by atoms with E-state index >= 15 is 0 Å². The number of aliphatic hydroxyl groups is 1. The number of nitrogens with zero attached hydrogens (tertiary/aromatic N) is 4. The Labute approximate surface area is 218 Å². The molecular formula is C25H21IN4O5. The number of hydrogen-bond acceptors (Lipinski definition) is 7. The predicted molar refractivity (Wildman–Crippen MR) is 119 cm³/mol. The van der Waals surface area contributed by atoms with Gasteiger partial charge in [0, 0.05) is 43.1 Å². The van der Waals surface area contributed by atoms with Crippen molar-refractivity contribution in [1.82, 2.24) is 4.90 Å². The summed E-state index contributed by atoms with van der Waals surface area (Å²) in [5.41, 5.74) is 0.437. The monoisotopic (exact) mass is 584 g/mol. The van der Waals surface area contributed by atoms with Gasteiger partial charge in [-0.3, -0.25) is 14.4 Å². The smallest absolute Gasteiger partial charge is 0.309 e. The molecule has 0 bridgehead atoms. The number of Topliss-reactive ketones (excluding diaryl/α,β-unsaturated/α-hetero) is 2. The van der Waals surface area contributed by atoms with Crippen molar-refractivity contribution in [2.45, 2.75) is 26.3 Å². The van der Waals surface area contributed by atoms with E-state index in [4.69, 9.17) is 5.11 Å². The molecule has 1 aliphatic carbocycles. The molecule has 9 nitrogen and oxygen atoms in total. The molecular weight excluding hydrogens is 563 g/mol. The lowest BCUT2D eigenvalue weighted by atomic mass is 9.78. The first-order valence-electron chi connectivity index (χ1n) is 10.4. The minimum absolute atomic E-state index is 0. The van der Waals surface area contributed by atoms with E-state index in [-0.39, 0.29) is 65.0 Å². The van der Waals surface area contributed by atoms with Crippen LogP contribution in [0.25, 0.3) is 5.57 Å². The van der Waals surface area contributed by atoms with Crippen molar-refractivity contribution in [1.29, 1.82) is 10.5 Å². The Morgan fingerprint density at radius 3 is 2.14 bits per heavy atom. The summed E-state index contributed by atoms with van der Waals surface area (Å²) >= 11 is 0. The van der Waals surface area contributed by atoms with Gasteiger partial charge in [-0.05, 0) is 24.6 Å². The number of aliphatic carboxylic acids is 1. The molecule has 0 saturated carbocycles. The molecule has 3 rings (SSSR count). The van der Waals surface area contributed by atoms with Crippen LogP contribution in [0.4, 0.5) is 0 Å². The normalized spacial score (nSPS) is 15.6. The lowest BCUT2D eigenvalue weighted by Crippen LogP contribution is -3.00. The van der Waals surface area contributed by atoms with E-state index in [0.717, 1.165) is 0 Å². The van der Waals surface area contributed by atoms with E-state index in [1.165, 1.54) is 6.92 Å². The summed E-state index contributed by atoms with van der Waals surface area (Å²) in [4.78, 5) is 36.5. The highest BCUT2D eigenvalue weighted by Crippen LogP contribution is 2.39. The third kappa shape index (κ3) is 6.11. The number of ketones is 2. The maximum Gasteiger partial charge on any atom is 0.309 e. The highest BCUT2D eigenvalue weighted by Gasteiger charge is 2.40. The molecule has 0 radical (unpaired) electrons. The zero-order valence-corrected chi connectivity index (χ0v) is 20.9. The maximum absolute atomic E-state index is 12.9. The number of halogens is 1. The van der Waals surface area contributed by atoms with Gasteiger partial charge in [0.2, 0.25) is 5.78 Å². The Balaban J connectivity index is 0.00000432. The van der Waals surface area contributed by atoms with Crippen LogP contribution in [-0.2, 0) is 20.9 Å². The number of pyridine rings is 1. The second-order valence-corrected chi connectivity index (χ2v) is 7.65. The summed E-state index contributed by atoms with van der Waals surface area (Å²) in [7, 11) is 0. The van der Waals surface area contributed by atoms with Crippen molar-refractivity contribution in [2.75, 3.05) is 6.54 Å². The van der Waals surface area contributed by atoms with Gasteiger partial charge < -0.3 is 39.1 Å². The highest BCUT2D eigenvalue weighted by atomic mass is 127. The molecule has 2 aliphatic rings. The molecule has 0 fully saturated rings. The van der Waals surface area contributed by atoms with Crippen LogP contribution in [-0.4, -0.2) is 39.2 Å². The first-order valence-corrected chi connectivity index (χ1v) is 10.4. The van der Waals surface area contributed by atoms with E-state index in [1.54, 1.807) is 58.5 Å². The van der Waals surface area contributed by atoms with Crippen LogP contribution in [0.1, 0.15) is 25.3 Å². The maximum atomic E-state index is 12.9. The second kappa shape index (κ2) is 11.9. The van der Waals surface area contributed by atoms with E-state index in [2.05, 4.69) is 0 Å². The van der Waals surface area contributed by atoms with Gasteiger partial charge >= 0.3 is 5.97 Å². The number of carbonyl (C=O) groups is 3. The molecule has 0 spiro atoms. The SMILES string of the molecule is CC(=O)CCN1C=CC(=C(C#N)C2=C(O)/C(=C(/C#N)c3cc[n+](CCC(=O)O)cc3)C2=O)C=C1.[I-]. The lowest BCUT2D eigenvalue weighted by molar-refractivity contribution is -0.696. The van der Waals surface area contributed by atoms with Crippen molar-refractivity contribution in [3.05, 3.63) is 82.7 Å². The fraction of sp³-hybridized carbons (Fsp3) is 0.200. The van der Waals surface area contributed by atoms with Crippen LogP contribution in [0.2, 0.25) is 0 Å². The number of carboxylic acid groups (broad SMARTS) is 1. The number of allylic oxidation sites excluding steroid dienone is 7. The second-order valence-electron chi connectivity index (χ2n) is 7.65. The van der Waals surface area contributed by atoms with Gasteiger partial charge in [-0.1, -0.05) is 0 Å². The van der Waals surface area contributed by atoms with Crippen molar-refractivity contribution >= 4 is 23.1 Å². The van der Waals surface area contributed by atoms with E-state index in [9.17, 15) is 30.0 Å². The van der Waals surface area contributed by atoms with Crippen LogP contribution in [0.15, 0.2) is 77.1 Å². The standard InChI is InChI=1S/C25H20N4O5.HI/c1-16(30)2-8-28-9-3-17(4-10-28)19(14-26)22-24(33)23(25(22)34)20(15-27)18-5-11-29(12-6-18)13-7-21(31)32;/h3-6,9-12H,2,7-8,13H2,1H3,(H-,31,32,33,34);1H. The third-order valence-corrected chi connectivity index (χ3v) is 5.32. The molecule has 178 valence electrons. The number of rotatable bonds is 8. The number of aryl methyl sites for hydroxylation is 1. The summed E-state index contributed by atoms with van der Waals surface area (Å²) < 4.78 is 1.63.